The average molecular weight is 190 g/mol. The van der Waals surface area contributed by atoms with Crippen LogP contribution in [0, 0.1) is 6.92 Å². The van der Waals surface area contributed by atoms with Crippen molar-refractivity contribution in [2.75, 3.05) is 6.54 Å². The summed E-state index contributed by atoms with van der Waals surface area (Å²) in [6.45, 7) is 3.03. The fourth-order valence-corrected chi connectivity index (χ4v) is 1.63. The smallest absolute Gasteiger partial charge is 0.165 e. The second-order valence-corrected chi connectivity index (χ2v) is 3.79. The Balaban J connectivity index is 1.92. The molecule has 1 atom stereocenters. The molecule has 1 saturated heterocycles. The number of hydrogen-bond acceptors (Lipinski definition) is 1. The first kappa shape index (κ1) is 9.53. The van der Waals surface area contributed by atoms with Gasteiger partial charge in [0, 0.05) is 6.54 Å². The van der Waals surface area contributed by atoms with Crippen LogP contribution in [0.15, 0.2) is 24.3 Å². The fraction of sp³-hybridized carbons (Fsp3) is 0.500. The van der Waals surface area contributed by atoms with Gasteiger partial charge in [0.05, 0.1) is 0 Å². The Kier molecular flexibility index (Phi) is 3.04. The Bertz CT molecular complexity index is 275. The Morgan fingerprint density at radius 2 is 2.00 bits per heavy atom. The molecule has 1 aromatic carbocycles. The Hall–Kier alpha value is -1.02. The summed E-state index contributed by atoms with van der Waals surface area (Å²) in [5.74, 6) is 0.936. The highest BCUT2D eigenvalue weighted by Crippen LogP contribution is 2.17. The monoisotopic (exact) mass is 190 g/mol. The lowest BCUT2D eigenvalue weighted by atomic mass is 10.1. The quantitative estimate of drug-likeness (QED) is 0.702. The van der Waals surface area contributed by atoms with Crippen molar-refractivity contribution in [3.8, 4) is 5.75 Å². The number of ether oxygens (including phenoxy) is 1. The van der Waals surface area contributed by atoms with E-state index in [1.165, 1.54) is 18.4 Å². The van der Waals surface area contributed by atoms with Crippen LogP contribution in [0.1, 0.15) is 24.8 Å². The third-order valence-corrected chi connectivity index (χ3v) is 2.49. The molecular weight excluding hydrogens is 174 g/mol. The van der Waals surface area contributed by atoms with Crippen LogP contribution in [-0.4, -0.2) is 12.8 Å². The molecule has 1 aliphatic heterocycles. The van der Waals surface area contributed by atoms with Gasteiger partial charge in [0.15, 0.2) is 6.23 Å². The first-order chi connectivity index (χ1) is 6.84. The summed E-state index contributed by atoms with van der Waals surface area (Å²) in [7, 11) is 0. The highest BCUT2D eigenvalue weighted by atomic mass is 16.5. The molecule has 1 heterocycles. The Labute approximate surface area is 85.3 Å². The molecule has 0 N–H and O–H groups in total. The molecule has 1 aliphatic rings. The Morgan fingerprint density at radius 1 is 1.21 bits per heavy atom. The first-order valence-electron chi connectivity index (χ1n) is 5.24. The van der Waals surface area contributed by atoms with E-state index in [9.17, 15) is 0 Å². The van der Waals surface area contributed by atoms with Crippen LogP contribution in [-0.2, 0) is 0 Å². The largest absolute Gasteiger partial charge is 0.474 e. The highest BCUT2D eigenvalue weighted by Gasteiger charge is 2.14. The maximum atomic E-state index is 5.74. The molecule has 1 fully saturated rings. The first-order valence-corrected chi connectivity index (χ1v) is 5.24. The lowest BCUT2D eigenvalue weighted by molar-refractivity contribution is 0.128. The summed E-state index contributed by atoms with van der Waals surface area (Å²) in [6.07, 6.45) is 3.60. The zero-order valence-electron chi connectivity index (χ0n) is 8.57. The molecule has 0 saturated carbocycles. The van der Waals surface area contributed by atoms with E-state index < -0.39 is 0 Å². The van der Waals surface area contributed by atoms with Gasteiger partial charge < -0.3 is 4.74 Å². The van der Waals surface area contributed by atoms with Crippen molar-refractivity contribution < 1.29 is 4.74 Å². The lowest BCUT2D eigenvalue weighted by Crippen LogP contribution is -2.32. The number of piperidine rings is 1. The normalized spacial score (nSPS) is 21.9. The van der Waals surface area contributed by atoms with Gasteiger partial charge in [-0.05, 0) is 38.3 Å². The van der Waals surface area contributed by atoms with Gasteiger partial charge in [0.25, 0.3) is 0 Å². The summed E-state index contributed by atoms with van der Waals surface area (Å²) < 4.78 is 5.74. The van der Waals surface area contributed by atoms with Crippen LogP contribution < -0.4 is 10.1 Å². The number of hydrogen-bond donors (Lipinski definition) is 0. The van der Waals surface area contributed by atoms with E-state index in [-0.39, 0.29) is 6.23 Å². The predicted octanol–water partition coefficient (Wildman–Crippen LogP) is 2.49. The molecule has 2 heteroatoms. The van der Waals surface area contributed by atoms with Crippen molar-refractivity contribution >= 4 is 0 Å². The summed E-state index contributed by atoms with van der Waals surface area (Å²) in [5, 5.41) is 4.42. The van der Waals surface area contributed by atoms with Crippen molar-refractivity contribution in [1.82, 2.24) is 5.32 Å². The molecule has 1 aromatic rings. The lowest BCUT2D eigenvalue weighted by Gasteiger charge is -2.22. The molecule has 0 bridgehead atoms. The number of aryl methyl sites for hydroxylation is 1. The molecule has 1 unspecified atom stereocenters. The Morgan fingerprint density at radius 3 is 2.64 bits per heavy atom. The van der Waals surface area contributed by atoms with E-state index >= 15 is 0 Å². The molecule has 14 heavy (non-hydrogen) atoms. The summed E-state index contributed by atoms with van der Waals surface area (Å²) in [6, 6.07) is 8.16. The van der Waals surface area contributed by atoms with Crippen LogP contribution in [0.25, 0.3) is 0 Å². The van der Waals surface area contributed by atoms with Crippen molar-refractivity contribution in [2.24, 2.45) is 0 Å². The van der Waals surface area contributed by atoms with E-state index in [0.29, 0.717) is 0 Å². The molecule has 2 rings (SSSR count). The average Bonchev–Trinajstić information content (AvgIpc) is 2.23. The van der Waals surface area contributed by atoms with Crippen LogP contribution in [0.4, 0.5) is 0 Å². The van der Waals surface area contributed by atoms with Gasteiger partial charge in [-0.1, -0.05) is 17.7 Å². The zero-order valence-corrected chi connectivity index (χ0v) is 8.57. The zero-order chi connectivity index (χ0) is 9.80. The minimum Gasteiger partial charge on any atom is -0.474 e. The van der Waals surface area contributed by atoms with Gasteiger partial charge >= 0.3 is 0 Å². The van der Waals surface area contributed by atoms with E-state index in [0.717, 1.165) is 18.7 Å². The van der Waals surface area contributed by atoms with Crippen LogP contribution in [0.3, 0.4) is 0 Å². The van der Waals surface area contributed by atoms with E-state index in [1.807, 2.05) is 12.1 Å². The van der Waals surface area contributed by atoms with Crippen LogP contribution >= 0.6 is 0 Å². The molecule has 75 valence electrons. The molecule has 0 aromatic heterocycles. The van der Waals surface area contributed by atoms with E-state index in [2.05, 4.69) is 24.4 Å². The summed E-state index contributed by atoms with van der Waals surface area (Å²) >= 11 is 0. The third-order valence-electron chi connectivity index (χ3n) is 2.49. The molecule has 0 aliphatic carbocycles. The van der Waals surface area contributed by atoms with Crippen LogP contribution in [0.5, 0.6) is 5.75 Å². The summed E-state index contributed by atoms with van der Waals surface area (Å²) in [4.78, 5) is 0. The topological polar surface area (TPSA) is 23.3 Å². The number of rotatable bonds is 2. The molecule has 2 nitrogen and oxygen atoms in total. The third kappa shape index (κ3) is 2.48. The number of nitrogens with zero attached hydrogens (tertiary/aromatic N) is 1. The summed E-state index contributed by atoms with van der Waals surface area (Å²) in [5.41, 5.74) is 1.26. The maximum Gasteiger partial charge on any atom is 0.165 e. The SMILES string of the molecule is Cc1ccc(OC2CCCC[N]2)cc1. The second kappa shape index (κ2) is 4.47. The van der Waals surface area contributed by atoms with E-state index in [1.54, 1.807) is 0 Å². The molecule has 1 radical (unpaired) electrons. The molecular formula is C12H16NO. The van der Waals surface area contributed by atoms with Crippen molar-refractivity contribution in [1.29, 1.82) is 0 Å². The standard InChI is InChI=1S/C12H16NO/c1-10-5-7-11(8-6-10)14-12-4-2-3-9-13-12/h5-8,12H,2-4,9H2,1H3. The van der Waals surface area contributed by atoms with Crippen molar-refractivity contribution in [3.63, 3.8) is 0 Å². The maximum absolute atomic E-state index is 5.74. The van der Waals surface area contributed by atoms with Gasteiger partial charge in [0.2, 0.25) is 0 Å². The van der Waals surface area contributed by atoms with Crippen LogP contribution in [0.2, 0.25) is 0 Å². The predicted molar refractivity (Wildman–Crippen MR) is 56.4 cm³/mol. The van der Waals surface area contributed by atoms with Gasteiger partial charge in [-0.3, -0.25) is 0 Å². The second-order valence-electron chi connectivity index (χ2n) is 3.79. The van der Waals surface area contributed by atoms with E-state index in [4.69, 9.17) is 4.74 Å². The van der Waals surface area contributed by atoms with Gasteiger partial charge in [-0.15, -0.1) is 0 Å². The van der Waals surface area contributed by atoms with Gasteiger partial charge in [0.1, 0.15) is 5.75 Å². The number of benzene rings is 1. The minimum absolute atomic E-state index is 0.0893. The minimum atomic E-state index is 0.0893. The van der Waals surface area contributed by atoms with Gasteiger partial charge in [-0.2, -0.15) is 0 Å². The molecule has 0 spiro atoms. The van der Waals surface area contributed by atoms with Crippen molar-refractivity contribution in [3.05, 3.63) is 29.8 Å². The molecule has 0 amide bonds. The van der Waals surface area contributed by atoms with Gasteiger partial charge in [-0.25, -0.2) is 5.32 Å². The van der Waals surface area contributed by atoms with Crippen molar-refractivity contribution in [2.45, 2.75) is 32.4 Å². The fourth-order valence-electron chi connectivity index (χ4n) is 1.63. The highest BCUT2D eigenvalue weighted by molar-refractivity contribution is 5.26.